The molecule has 0 aliphatic heterocycles. The highest BCUT2D eigenvalue weighted by atomic mass is 16.5. The molecule has 1 atom stereocenters. The molecule has 0 aliphatic rings. The second kappa shape index (κ2) is 9.16. The maximum Gasteiger partial charge on any atom is 0.326 e. The number of rotatable bonds is 5. The van der Waals surface area contributed by atoms with Gasteiger partial charge in [0.15, 0.2) is 6.10 Å². The number of urea groups is 1. The van der Waals surface area contributed by atoms with Gasteiger partial charge in [-0.25, -0.2) is 4.79 Å². The van der Waals surface area contributed by atoms with Crippen LogP contribution in [0.2, 0.25) is 0 Å². The summed E-state index contributed by atoms with van der Waals surface area (Å²) in [5.74, 6) is -1.96. The van der Waals surface area contributed by atoms with E-state index in [1.807, 2.05) is 19.9 Å². The van der Waals surface area contributed by atoms with Gasteiger partial charge in [0, 0.05) is 11.1 Å². The van der Waals surface area contributed by atoms with Gasteiger partial charge in [0.1, 0.15) is 6.54 Å². The molecule has 0 spiro atoms. The Kier molecular flexibility index (Phi) is 7.51. The summed E-state index contributed by atoms with van der Waals surface area (Å²) < 4.78 is 4.93. The molecule has 1 aromatic rings. The van der Waals surface area contributed by atoms with Crippen molar-refractivity contribution in [2.75, 3.05) is 6.54 Å². The van der Waals surface area contributed by atoms with Gasteiger partial charge in [-0.1, -0.05) is 6.07 Å². The Hall–Kier alpha value is -2.90. The topological polar surface area (TPSA) is 114 Å². The van der Waals surface area contributed by atoms with E-state index in [2.05, 4.69) is 16.0 Å². The first-order valence-corrected chi connectivity index (χ1v) is 8.57. The molecular weight excluding hydrogens is 350 g/mol. The van der Waals surface area contributed by atoms with Crippen LogP contribution in [0.4, 0.5) is 4.79 Å². The monoisotopic (exact) mass is 377 g/mol. The molecule has 27 heavy (non-hydrogen) atoms. The number of hydrogen-bond donors (Lipinski definition) is 3. The van der Waals surface area contributed by atoms with Gasteiger partial charge >= 0.3 is 12.0 Å². The van der Waals surface area contributed by atoms with Crippen molar-refractivity contribution in [2.45, 2.75) is 53.2 Å². The molecule has 0 saturated heterocycles. The molecule has 8 heteroatoms. The van der Waals surface area contributed by atoms with E-state index in [0.717, 1.165) is 11.1 Å². The largest absolute Gasteiger partial charge is 0.451 e. The van der Waals surface area contributed by atoms with Crippen molar-refractivity contribution in [1.29, 1.82) is 0 Å². The Morgan fingerprint density at radius 3 is 2.26 bits per heavy atom. The number of ether oxygens (including phenoxy) is 1. The van der Waals surface area contributed by atoms with Crippen LogP contribution in [-0.2, 0) is 14.3 Å². The summed E-state index contributed by atoms with van der Waals surface area (Å²) in [5.41, 5.74) is 1.93. The average molecular weight is 377 g/mol. The summed E-state index contributed by atoms with van der Waals surface area (Å²) in [6, 6.07) is 4.52. The standard InChI is InChI=1S/C19H27N3O5/c1-11-7-8-14(9-12(11)2)17(25)20-10-15(23)27-13(3)16(24)21-18(26)22-19(4,5)6/h7-9,13H,10H2,1-6H3,(H,20,25)(H2,21,22,24,26)/t13-/m0/s1. The molecule has 1 aromatic carbocycles. The number of imide groups is 1. The van der Waals surface area contributed by atoms with Gasteiger partial charge in [0.2, 0.25) is 0 Å². The second-order valence-electron chi connectivity index (χ2n) is 7.31. The number of carbonyl (C=O) groups is 4. The lowest BCUT2D eigenvalue weighted by Crippen LogP contribution is -2.50. The highest BCUT2D eigenvalue weighted by molar-refractivity contribution is 5.98. The predicted molar refractivity (Wildman–Crippen MR) is 100 cm³/mol. The number of benzene rings is 1. The van der Waals surface area contributed by atoms with Gasteiger partial charge in [-0.3, -0.25) is 19.7 Å². The minimum Gasteiger partial charge on any atom is -0.451 e. The zero-order chi connectivity index (χ0) is 20.8. The Bertz CT molecular complexity index is 737. The third-order valence-corrected chi connectivity index (χ3v) is 3.57. The Morgan fingerprint density at radius 1 is 1.07 bits per heavy atom. The van der Waals surface area contributed by atoms with Crippen LogP contribution in [-0.4, -0.2) is 42.0 Å². The number of aryl methyl sites for hydroxylation is 2. The number of hydrogen-bond acceptors (Lipinski definition) is 5. The van der Waals surface area contributed by atoms with E-state index < -0.39 is 42.0 Å². The van der Waals surface area contributed by atoms with Gasteiger partial charge in [0.05, 0.1) is 0 Å². The molecule has 3 N–H and O–H groups in total. The first-order chi connectivity index (χ1) is 12.4. The quantitative estimate of drug-likeness (QED) is 0.674. The molecule has 0 aromatic heterocycles. The van der Waals surface area contributed by atoms with Crippen molar-refractivity contribution in [3.63, 3.8) is 0 Å². The van der Waals surface area contributed by atoms with Crippen molar-refractivity contribution >= 4 is 23.8 Å². The number of amides is 4. The van der Waals surface area contributed by atoms with Crippen molar-refractivity contribution in [3.05, 3.63) is 34.9 Å². The molecule has 0 unspecified atom stereocenters. The zero-order valence-corrected chi connectivity index (χ0v) is 16.6. The predicted octanol–water partition coefficient (Wildman–Crippen LogP) is 1.59. The highest BCUT2D eigenvalue weighted by Gasteiger charge is 2.22. The van der Waals surface area contributed by atoms with Crippen molar-refractivity contribution in [1.82, 2.24) is 16.0 Å². The van der Waals surface area contributed by atoms with Gasteiger partial charge in [-0.15, -0.1) is 0 Å². The molecule has 148 valence electrons. The molecule has 8 nitrogen and oxygen atoms in total. The first kappa shape index (κ1) is 22.1. The Balaban J connectivity index is 2.46. The van der Waals surface area contributed by atoms with Crippen molar-refractivity contribution in [2.24, 2.45) is 0 Å². The lowest BCUT2D eigenvalue weighted by atomic mass is 10.1. The number of carbonyl (C=O) groups excluding carboxylic acids is 4. The van der Waals surface area contributed by atoms with E-state index >= 15 is 0 Å². The summed E-state index contributed by atoms with van der Waals surface area (Å²) in [6.07, 6.45) is -1.18. The smallest absolute Gasteiger partial charge is 0.326 e. The molecule has 0 radical (unpaired) electrons. The van der Waals surface area contributed by atoms with Gasteiger partial charge in [-0.05, 0) is 64.8 Å². The third kappa shape index (κ3) is 7.89. The molecular formula is C19H27N3O5. The summed E-state index contributed by atoms with van der Waals surface area (Å²) in [5, 5.41) is 7.08. The molecule has 0 bridgehead atoms. The lowest BCUT2D eigenvalue weighted by Gasteiger charge is -2.21. The Morgan fingerprint density at radius 2 is 1.70 bits per heavy atom. The fraction of sp³-hybridized carbons (Fsp3) is 0.474. The van der Waals surface area contributed by atoms with E-state index in [4.69, 9.17) is 4.74 Å². The van der Waals surface area contributed by atoms with E-state index in [1.54, 1.807) is 32.9 Å². The number of nitrogens with one attached hydrogen (secondary N) is 3. The van der Waals surface area contributed by atoms with Crippen LogP contribution in [0.3, 0.4) is 0 Å². The van der Waals surface area contributed by atoms with Crippen LogP contribution in [0.5, 0.6) is 0 Å². The van der Waals surface area contributed by atoms with E-state index in [9.17, 15) is 19.2 Å². The summed E-state index contributed by atoms with van der Waals surface area (Å²) in [6.45, 7) is 10.1. The van der Waals surface area contributed by atoms with E-state index in [-0.39, 0.29) is 0 Å². The molecule has 0 saturated carbocycles. The minimum atomic E-state index is -1.18. The number of esters is 1. The molecule has 0 fully saturated rings. The van der Waals surface area contributed by atoms with Crippen molar-refractivity contribution < 1.29 is 23.9 Å². The normalized spacial score (nSPS) is 11.9. The summed E-state index contributed by atoms with van der Waals surface area (Å²) in [7, 11) is 0. The molecule has 0 aliphatic carbocycles. The maximum atomic E-state index is 12.1. The van der Waals surface area contributed by atoms with Gasteiger partial charge < -0.3 is 15.4 Å². The van der Waals surface area contributed by atoms with E-state index in [1.165, 1.54) is 6.92 Å². The van der Waals surface area contributed by atoms with Gasteiger partial charge in [0.25, 0.3) is 11.8 Å². The average Bonchev–Trinajstić information content (AvgIpc) is 2.53. The minimum absolute atomic E-state index is 0.391. The van der Waals surface area contributed by atoms with Crippen LogP contribution in [0, 0.1) is 13.8 Å². The van der Waals surface area contributed by atoms with Crippen LogP contribution < -0.4 is 16.0 Å². The zero-order valence-electron chi connectivity index (χ0n) is 16.6. The van der Waals surface area contributed by atoms with Crippen LogP contribution in [0.1, 0.15) is 49.2 Å². The van der Waals surface area contributed by atoms with Gasteiger partial charge in [-0.2, -0.15) is 0 Å². The molecule has 4 amide bonds. The summed E-state index contributed by atoms with van der Waals surface area (Å²) >= 11 is 0. The molecule has 1 rings (SSSR count). The summed E-state index contributed by atoms with van der Waals surface area (Å²) in [4.78, 5) is 47.4. The fourth-order valence-electron chi connectivity index (χ4n) is 2.01. The Labute approximate surface area is 159 Å². The van der Waals surface area contributed by atoms with Crippen LogP contribution in [0.25, 0.3) is 0 Å². The third-order valence-electron chi connectivity index (χ3n) is 3.57. The maximum absolute atomic E-state index is 12.1. The highest BCUT2D eigenvalue weighted by Crippen LogP contribution is 2.09. The SMILES string of the molecule is Cc1ccc(C(=O)NCC(=O)O[C@@H](C)C(=O)NC(=O)NC(C)(C)C)cc1C. The second-order valence-corrected chi connectivity index (χ2v) is 7.31. The van der Waals surface area contributed by atoms with Crippen molar-refractivity contribution in [3.8, 4) is 0 Å². The fourth-order valence-corrected chi connectivity index (χ4v) is 2.01. The van der Waals surface area contributed by atoms with Crippen LogP contribution >= 0.6 is 0 Å². The van der Waals surface area contributed by atoms with E-state index in [0.29, 0.717) is 5.56 Å². The lowest BCUT2D eigenvalue weighted by molar-refractivity contribution is -0.153. The molecule has 0 heterocycles. The first-order valence-electron chi connectivity index (χ1n) is 8.57. The van der Waals surface area contributed by atoms with Crippen LogP contribution in [0.15, 0.2) is 18.2 Å².